The zero-order valence-electron chi connectivity index (χ0n) is 19.0. The van der Waals surface area contributed by atoms with Crippen molar-refractivity contribution in [3.63, 3.8) is 0 Å². The summed E-state index contributed by atoms with van der Waals surface area (Å²) in [7, 11) is 1.81. The van der Waals surface area contributed by atoms with Crippen molar-refractivity contribution in [2.75, 3.05) is 53.1 Å². The van der Waals surface area contributed by atoms with Crippen molar-refractivity contribution in [3.8, 4) is 0 Å². The third kappa shape index (κ3) is 10.9. The SMILES string of the molecule is CCN(CC)Cc1ccc(CNC(=NC)NCCCOCC2CCOCC2)cc1.I. The summed E-state index contributed by atoms with van der Waals surface area (Å²) in [5.41, 5.74) is 2.62. The van der Waals surface area contributed by atoms with E-state index in [1.807, 2.05) is 7.05 Å². The van der Waals surface area contributed by atoms with Crippen molar-refractivity contribution in [2.45, 2.75) is 46.2 Å². The number of aliphatic imine (C=N–C) groups is 1. The number of rotatable bonds is 12. The topological polar surface area (TPSA) is 58.1 Å². The van der Waals surface area contributed by atoms with Gasteiger partial charge in [0.05, 0.1) is 0 Å². The average Bonchev–Trinajstić information content (AvgIpc) is 2.78. The van der Waals surface area contributed by atoms with E-state index in [4.69, 9.17) is 9.47 Å². The van der Waals surface area contributed by atoms with Crippen molar-refractivity contribution in [1.82, 2.24) is 15.5 Å². The highest BCUT2D eigenvalue weighted by molar-refractivity contribution is 14.0. The highest BCUT2D eigenvalue weighted by Crippen LogP contribution is 2.14. The molecule has 0 aromatic heterocycles. The predicted octanol–water partition coefficient (Wildman–Crippen LogP) is 3.64. The average molecular weight is 533 g/mol. The highest BCUT2D eigenvalue weighted by atomic mass is 127. The molecule has 1 aliphatic rings. The summed E-state index contributed by atoms with van der Waals surface area (Å²) in [5, 5.41) is 6.75. The first-order valence-electron chi connectivity index (χ1n) is 11.1. The lowest BCUT2D eigenvalue weighted by Gasteiger charge is -2.21. The van der Waals surface area contributed by atoms with Gasteiger partial charge in [-0.2, -0.15) is 0 Å². The second-order valence-electron chi connectivity index (χ2n) is 7.61. The normalized spacial score (nSPS) is 15.1. The summed E-state index contributed by atoms with van der Waals surface area (Å²) < 4.78 is 11.2. The van der Waals surface area contributed by atoms with Crippen molar-refractivity contribution in [2.24, 2.45) is 10.9 Å². The van der Waals surface area contributed by atoms with Crippen LogP contribution in [0.25, 0.3) is 0 Å². The first kappa shape index (κ1) is 27.1. The van der Waals surface area contributed by atoms with Crippen molar-refractivity contribution < 1.29 is 9.47 Å². The lowest BCUT2D eigenvalue weighted by atomic mass is 10.0. The van der Waals surface area contributed by atoms with E-state index in [-0.39, 0.29) is 24.0 Å². The summed E-state index contributed by atoms with van der Waals surface area (Å²) in [4.78, 5) is 6.73. The van der Waals surface area contributed by atoms with Crippen LogP contribution in [0.4, 0.5) is 0 Å². The molecule has 2 rings (SSSR count). The molecule has 2 N–H and O–H groups in total. The molecule has 172 valence electrons. The Labute approximate surface area is 200 Å². The van der Waals surface area contributed by atoms with Crippen LogP contribution < -0.4 is 10.6 Å². The van der Waals surface area contributed by atoms with E-state index in [0.717, 1.165) is 84.4 Å². The van der Waals surface area contributed by atoms with Gasteiger partial charge in [0, 0.05) is 53.1 Å². The number of benzene rings is 1. The van der Waals surface area contributed by atoms with Gasteiger partial charge in [-0.1, -0.05) is 38.1 Å². The van der Waals surface area contributed by atoms with Gasteiger partial charge < -0.3 is 20.1 Å². The molecule has 1 aromatic rings. The van der Waals surface area contributed by atoms with Crippen LogP contribution in [0, 0.1) is 5.92 Å². The Morgan fingerprint density at radius 3 is 2.40 bits per heavy atom. The minimum atomic E-state index is 0. The fraction of sp³-hybridized carbons (Fsp3) is 0.696. The molecule has 1 saturated heterocycles. The molecule has 0 aliphatic carbocycles. The molecule has 0 amide bonds. The molecular weight excluding hydrogens is 491 g/mol. The van der Waals surface area contributed by atoms with E-state index < -0.39 is 0 Å². The van der Waals surface area contributed by atoms with Crippen LogP contribution in [0.2, 0.25) is 0 Å². The van der Waals surface area contributed by atoms with Crippen LogP contribution in [-0.4, -0.2) is 64.0 Å². The van der Waals surface area contributed by atoms with E-state index in [2.05, 4.69) is 58.6 Å². The van der Waals surface area contributed by atoms with Crippen molar-refractivity contribution in [3.05, 3.63) is 35.4 Å². The third-order valence-electron chi connectivity index (χ3n) is 5.46. The lowest BCUT2D eigenvalue weighted by Crippen LogP contribution is -2.37. The van der Waals surface area contributed by atoms with Gasteiger partial charge in [0.1, 0.15) is 0 Å². The molecule has 0 unspecified atom stereocenters. The molecule has 0 atom stereocenters. The van der Waals surface area contributed by atoms with E-state index in [9.17, 15) is 0 Å². The van der Waals surface area contributed by atoms with Crippen molar-refractivity contribution in [1.29, 1.82) is 0 Å². The van der Waals surface area contributed by atoms with Crippen LogP contribution in [-0.2, 0) is 22.6 Å². The first-order valence-corrected chi connectivity index (χ1v) is 11.1. The second-order valence-corrected chi connectivity index (χ2v) is 7.61. The van der Waals surface area contributed by atoms with E-state index >= 15 is 0 Å². The Balaban J connectivity index is 0.00000450. The first-order chi connectivity index (χ1) is 14.2. The van der Waals surface area contributed by atoms with Gasteiger partial charge in [0.2, 0.25) is 0 Å². The molecule has 6 nitrogen and oxygen atoms in total. The van der Waals surface area contributed by atoms with Crippen LogP contribution >= 0.6 is 24.0 Å². The number of hydrogen-bond donors (Lipinski definition) is 2. The Kier molecular flexibility index (Phi) is 15.2. The Hall–Kier alpha value is -0.900. The second kappa shape index (κ2) is 16.8. The van der Waals surface area contributed by atoms with E-state index in [1.165, 1.54) is 11.1 Å². The number of guanidine groups is 1. The van der Waals surface area contributed by atoms with Gasteiger partial charge >= 0.3 is 0 Å². The van der Waals surface area contributed by atoms with Crippen LogP contribution in [0.3, 0.4) is 0 Å². The van der Waals surface area contributed by atoms with Gasteiger partial charge in [-0.3, -0.25) is 9.89 Å². The lowest BCUT2D eigenvalue weighted by molar-refractivity contribution is 0.0203. The van der Waals surface area contributed by atoms with Crippen LogP contribution in [0.1, 0.15) is 44.2 Å². The third-order valence-corrected chi connectivity index (χ3v) is 5.46. The minimum Gasteiger partial charge on any atom is -0.381 e. The quantitative estimate of drug-likeness (QED) is 0.186. The molecule has 1 heterocycles. The van der Waals surface area contributed by atoms with Gasteiger partial charge in [-0.15, -0.1) is 24.0 Å². The number of hydrogen-bond acceptors (Lipinski definition) is 4. The number of ether oxygens (including phenoxy) is 2. The molecule has 1 aliphatic heterocycles. The largest absolute Gasteiger partial charge is 0.381 e. The summed E-state index contributed by atoms with van der Waals surface area (Å²) in [6.45, 7) is 12.6. The predicted molar refractivity (Wildman–Crippen MR) is 136 cm³/mol. The van der Waals surface area contributed by atoms with Gasteiger partial charge in [-0.25, -0.2) is 0 Å². The van der Waals surface area contributed by atoms with Crippen LogP contribution in [0.15, 0.2) is 29.3 Å². The highest BCUT2D eigenvalue weighted by Gasteiger charge is 2.13. The Morgan fingerprint density at radius 2 is 1.77 bits per heavy atom. The fourth-order valence-corrected chi connectivity index (χ4v) is 3.42. The standard InChI is InChI=1S/C23H40N4O2.HI/c1-4-27(5-2)18-21-9-7-20(8-10-21)17-26-23(24-3)25-13-6-14-29-19-22-11-15-28-16-12-22;/h7-10,22H,4-6,11-19H2,1-3H3,(H2,24,25,26);1H. The molecule has 0 radical (unpaired) electrons. The molecule has 1 aromatic carbocycles. The maximum atomic E-state index is 5.81. The number of nitrogens with one attached hydrogen (secondary N) is 2. The van der Waals surface area contributed by atoms with E-state index in [1.54, 1.807) is 0 Å². The zero-order chi connectivity index (χ0) is 20.7. The minimum absolute atomic E-state index is 0. The maximum Gasteiger partial charge on any atom is 0.191 e. The molecule has 1 fully saturated rings. The van der Waals surface area contributed by atoms with E-state index in [0.29, 0.717) is 5.92 Å². The Morgan fingerprint density at radius 1 is 1.10 bits per heavy atom. The van der Waals surface area contributed by atoms with Gasteiger partial charge in [0.25, 0.3) is 0 Å². The smallest absolute Gasteiger partial charge is 0.191 e. The molecule has 0 spiro atoms. The molecular formula is C23H41IN4O2. The van der Waals surface area contributed by atoms with Crippen LogP contribution in [0.5, 0.6) is 0 Å². The summed E-state index contributed by atoms with van der Waals surface area (Å²) in [6, 6.07) is 8.84. The number of nitrogens with zero attached hydrogens (tertiary/aromatic N) is 2. The molecule has 30 heavy (non-hydrogen) atoms. The molecule has 7 heteroatoms. The Bertz CT molecular complexity index is 573. The summed E-state index contributed by atoms with van der Waals surface area (Å²) >= 11 is 0. The summed E-state index contributed by atoms with van der Waals surface area (Å²) in [6.07, 6.45) is 3.24. The fourth-order valence-electron chi connectivity index (χ4n) is 3.42. The monoisotopic (exact) mass is 532 g/mol. The van der Waals surface area contributed by atoms with Gasteiger partial charge in [-0.05, 0) is 49.4 Å². The zero-order valence-corrected chi connectivity index (χ0v) is 21.3. The van der Waals surface area contributed by atoms with Gasteiger partial charge in [0.15, 0.2) is 5.96 Å². The molecule has 0 bridgehead atoms. The molecule has 0 saturated carbocycles. The maximum absolute atomic E-state index is 5.81. The summed E-state index contributed by atoms with van der Waals surface area (Å²) in [5.74, 6) is 1.51. The van der Waals surface area contributed by atoms with Crippen molar-refractivity contribution >= 4 is 29.9 Å². The number of halogens is 1.